The van der Waals surface area contributed by atoms with E-state index in [1.54, 1.807) is 16.8 Å². The zero-order valence-corrected chi connectivity index (χ0v) is 16.1. The number of carboxylic acid groups (broad SMARTS) is 1. The monoisotopic (exact) mass is 424 g/mol. The molecule has 1 fully saturated rings. The van der Waals surface area contributed by atoms with Crippen molar-refractivity contribution in [2.45, 2.75) is 12.8 Å². The van der Waals surface area contributed by atoms with Gasteiger partial charge in [0.25, 0.3) is 5.91 Å². The second-order valence-corrected chi connectivity index (χ2v) is 7.89. The average molecular weight is 424 g/mol. The molecule has 140 valence electrons. The third kappa shape index (κ3) is 4.10. The number of carboxylic acids is 1. The van der Waals surface area contributed by atoms with E-state index in [1.807, 2.05) is 0 Å². The van der Waals surface area contributed by atoms with Gasteiger partial charge in [-0.2, -0.15) is 11.3 Å². The van der Waals surface area contributed by atoms with E-state index in [9.17, 15) is 19.7 Å². The predicted octanol–water partition coefficient (Wildman–Crippen LogP) is 3.98. The summed E-state index contributed by atoms with van der Waals surface area (Å²) in [5, 5.41) is 23.3. The molecule has 2 aromatic heterocycles. The van der Waals surface area contributed by atoms with Crippen molar-refractivity contribution in [1.29, 1.82) is 0 Å². The number of hydrogen-bond donors (Lipinski definition) is 1. The number of amides is 1. The quantitative estimate of drug-likeness (QED) is 0.307. The third-order valence-electron chi connectivity index (χ3n) is 3.73. The molecule has 1 aliphatic heterocycles. The lowest BCUT2D eigenvalue weighted by atomic mass is 10.1. The highest BCUT2D eigenvalue weighted by molar-refractivity contribution is 8.26. The van der Waals surface area contributed by atoms with Crippen LogP contribution in [0.1, 0.15) is 18.4 Å². The Bertz CT molecular complexity index is 961. The van der Waals surface area contributed by atoms with Crippen molar-refractivity contribution in [3.63, 3.8) is 0 Å². The first-order valence-electron chi connectivity index (χ1n) is 7.64. The highest BCUT2D eigenvalue weighted by Gasteiger charge is 2.32. The van der Waals surface area contributed by atoms with Gasteiger partial charge in [0.2, 0.25) is 0 Å². The Morgan fingerprint density at radius 3 is 2.89 bits per heavy atom. The number of thiocarbonyl (C=S) groups is 1. The average Bonchev–Trinajstić information content (AvgIpc) is 3.30. The Kier molecular flexibility index (Phi) is 5.73. The molecule has 0 aromatic carbocycles. The van der Waals surface area contributed by atoms with Crippen LogP contribution in [0.15, 0.2) is 32.4 Å². The van der Waals surface area contributed by atoms with E-state index in [2.05, 4.69) is 0 Å². The molecule has 1 aliphatic rings. The van der Waals surface area contributed by atoms with Crippen LogP contribution in [0.5, 0.6) is 0 Å². The lowest BCUT2D eigenvalue weighted by Crippen LogP contribution is -2.29. The number of hydrogen-bond acceptors (Lipinski definition) is 8. The maximum Gasteiger partial charge on any atom is 0.440 e. The Hall–Kier alpha value is -2.50. The van der Waals surface area contributed by atoms with Crippen molar-refractivity contribution in [2.24, 2.45) is 0 Å². The highest BCUT2D eigenvalue weighted by Crippen LogP contribution is 2.39. The minimum absolute atomic E-state index is 0.0467. The number of furan rings is 1. The van der Waals surface area contributed by atoms with E-state index < -0.39 is 10.9 Å². The second kappa shape index (κ2) is 8.03. The first-order valence-corrected chi connectivity index (χ1v) is 9.81. The molecule has 0 atom stereocenters. The molecule has 1 saturated heterocycles. The Morgan fingerprint density at radius 2 is 2.19 bits per heavy atom. The fourth-order valence-corrected chi connectivity index (χ4v) is 4.62. The maximum absolute atomic E-state index is 12.6. The van der Waals surface area contributed by atoms with Gasteiger partial charge in [-0.15, -0.1) is 0 Å². The van der Waals surface area contributed by atoms with Crippen molar-refractivity contribution in [2.75, 3.05) is 6.54 Å². The molecule has 0 aliphatic carbocycles. The fraction of sp³-hybridized carbons (Fsp3) is 0.188. The van der Waals surface area contributed by atoms with Crippen molar-refractivity contribution < 1.29 is 24.0 Å². The van der Waals surface area contributed by atoms with E-state index in [4.69, 9.17) is 21.7 Å². The summed E-state index contributed by atoms with van der Waals surface area (Å²) in [6.45, 7) is 0.234. The molecule has 0 spiro atoms. The van der Waals surface area contributed by atoms with Crippen LogP contribution in [0.2, 0.25) is 0 Å². The Balaban J connectivity index is 1.84. The van der Waals surface area contributed by atoms with E-state index in [0.717, 1.165) is 11.8 Å². The molecule has 2 aromatic rings. The standard InChI is InChI=1S/C16H12N2O6S3/c19-13(20)2-1-4-17-14(21)12(27-16(17)25)6-9-7-26-8-11(9)10-3-5-24-15(10)18(22)23/h3,5-8H,1-2,4H2,(H,19,20). The van der Waals surface area contributed by atoms with Crippen LogP contribution in [0.3, 0.4) is 0 Å². The molecule has 11 heteroatoms. The normalized spacial score (nSPS) is 15.7. The van der Waals surface area contributed by atoms with Crippen LogP contribution >= 0.6 is 35.3 Å². The summed E-state index contributed by atoms with van der Waals surface area (Å²) in [5.74, 6) is -1.58. The summed E-state index contributed by atoms with van der Waals surface area (Å²) in [6, 6.07) is 1.51. The molecular weight excluding hydrogens is 412 g/mol. The summed E-state index contributed by atoms with van der Waals surface area (Å²) in [4.78, 5) is 35.5. The van der Waals surface area contributed by atoms with Crippen LogP contribution in [0.4, 0.5) is 5.88 Å². The van der Waals surface area contributed by atoms with Crippen molar-refractivity contribution >= 4 is 63.5 Å². The molecule has 1 N–H and O–H groups in total. The number of nitrogens with zero attached hydrogens (tertiary/aromatic N) is 2. The van der Waals surface area contributed by atoms with Gasteiger partial charge in [-0.05, 0) is 34.9 Å². The lowest BCUT2D eigenvalue weighted by molar-refractivity contribution is -0.401. The van der Waals surface area contributed by atoms with Gasteiger partial charge in [0.05, 0.1) is 11.2 Å². The molecule has 0 unspecified atom stereocenters. The number of thiophene rings is 1. The second-order valence-electron chi connectivity index (χ2n) is 5.47. The van der Waals surface area contributed by atoms with E-state index >= 15 is 0 Å². The molecule has 0 radical (unpaired) electrons. The van der Waals surface area contributed by atoms with Crippen LogP contribution < -0.4 is 0 Å². The summed E-state index contributed by atoms with van der Waals surface area (Å²) < 4.78 is 5.29. The summed E-state index contributed by atoms with van der Waals surface area (Å²) in [5.41, 5.74) is 1.58. The molecule has 0 bridgehead atoms. The highest BCUT2D eigenvalue weighted by atomic mass is 32.2. The minimum Gasteiger partial charge on any atom is -0.481 e. The topological polar surface area (TPSA) is 114 Å². The van der Waals surface area contributed by atoms with Gasteiger partial charge in [0, 0.05) is 18.5 Å². The van der Waals surface area contributed by atoms with Crippen LogP contribution in [-0.2, 0) is 9.59 Å². The maximum atomic E-state index is 12.6. The molecule has 1 amide bonds. The fourth-order valence-electron chi connectivity index (χ4n) is 2.51. The zero-order chi connectivity index (χ0) is 19.6. The van der Waals surface area contributed by atoms with Gasteiger partial charge < -0.3 is 9.52 Å². The number of aliphatic carboxylic acids is 1. The minimum atomic E-state index is -0.930. The van der Waals surface area contributed by atoms with E-state index in [0.29, 0.717) is 32.3 Å². The summed E-state index contributed by atoms with van der Waals surface area (Å²) in [7, 11) is 0. The SMILES string of the molecule is O=C(O)CCCN1C(=O)C(=Cc2cscc2-c2ccoc2[N+](=O)[O-])SC1=S. The first kappa shape index (κ1) is 19.3. The van der Waals surface area contributed by atoms with Crippen molar-refractivity contribution in [3.05, 3.63) is 43.7 Å². The van der Waals surface area contributed by atoms with Crippen molar-refractivity contribution in [1.82, 2.24) is 4.90 Å². The van der Waals surface area contributed by atoms with Crippen LogP contribution in [0, 0.1) is 10.1 Å². The molecule has 8 nitrogen and oxygen atoms in total. The van der Waals surface area contributed by atoms with Gasteiger partial charge in [-0.3, -0.25) is 24.6 Å². The number of nitro groups is 1. The molecule has 27 heavy (non-hydrogen) atoms. The van der Waals surface area contributed by atoms with Crippen LogP contribution in [-0.4, -0.2) is 37.7 Å². The number of carbonyl (C=O) groups is 2. The van der Waals surface area contributed by atoms with E-state index in [-0.39, 0.29) is 24.8 Å². The van der Waals surface area contributed by atoms with Crippen molar-refractivity contribution in [3.8, 4) is 11.1 Å². The number of rotatable bonds is 7. The van der Waals surface area contributed by atoms with Crippen LogP contribution in [0.25, 0.3) is 17.2 Å². The summed E-state index contributed by atoms with van der Waals surface area (Å²) >= 11 is 7.69. The first-order chi connectivity index (χ1) is 12.9. The smallest absolute Gasteiger partial charge is 0.440 e. The van der Waals surface area contributed by atoms with Gasteiger partial charge in [0.1, 0.15) is 14.8 Å². The molecular formula is C16H12N2O6S3. The predicted molar refractivity (Wildman–Crippen MR) is 105 cm³/mol. The summed E-state index contributed by atoms with van der Waals surface area (Å²) in [6.07, 6.45) is 3.14. The van der Waals surface area contributed by atoms with Gasteiger partial charge in [0.15, 0.2) is 0 Å². The number of carbonyl (C=O) groups excluding carboxylic acids is 1. The molecule has 3 rings (SSSR count). The van der Waals surface area contributed by atoms with Gasteiger partial charge >= 0.3 is 11.9 Å². The largest absolute Gasteiger partial charge is 0.481 e. The lowest BCUT2D eigenvalue weighted by Gasteiger charge is -2.13. The third-order valence-corrected chi connectivity index (χ3v) is 5.86. The Labute approximate surface area is 166 Å². The number of thioether (sulfide) groups is 1. The molecule has 0 saturated carbocycles. The zero-order valence-electron chi connectivity index (χ0n) is 13.6. The van der Waals surface area contributed by atoms with Gasteiger partial charge in [-0.1, -0.05) is 24.0 Å². The molecule has 3 heterocycles. The Morgan fingerprint density at radius 1 is 1.41 bits per heavy atom. The van der Waals surface area contributed by atoms with E-state index in [1.165, 1.54) is 28.6 Å². The van der Waals surface area contributed by atoms with Gasteiger partial charge in [-0.25, -0.2) is 0 Å².